The summed E-state index contributed by atoms with van der Waals surface area (Å²) in [5.74, 6) is -0.666. The number of rotatable bonds is 5. The molecule has 0 radical (unpaired) electrons. The Kier molecular flexibility index (Phi) is 6.26. The molecular formula is C18H12BrCl2NO4S. The molecule has 1 aromatic heterocycles. The summed E-state index contributed by atoms with van der Waals surface area (Å²) in [5.41, 5.74) is 0.595. The summed E-state index contributed by atoms with van der Waals surface area (Å²) in [6.07, 6.45) is 0. The van der Waals surface area contributed by atoms with Crippen molar-refractivity contribution >= 4 is 78.1 Å². The van der Waals surface area contributed by atoms with E-state index < -0.39 is 18.5 Å². The van der Waals surface area contributed by atoms with E-state index >= 15 is 0 Å². The number of halogens is 3. The minimum Gasteiger partial charge on any atom is -0.495 e. The fourth-order valence-corrected chi connectivity index (χ4v) is 4.34. The number of esters is 1. The molecule has 140 valence electrons. The summed E-state index contributed by atoms with van der Waals surface area (Å²) >= 11 is 17.0. The quantitative estimate of drug-likeness (QED) is 0.462. The van der Waals surface area contributed by atoms with E-state index in [0.29, 0.717) is 26.5 Å². The van der Waals surface area contributed by atoms with E-state index in [1.165, 1.54) is 7.11 Å². The predicted octanol–water partition coefficient (Wildman–Crippen LogP) is 5.77. The minimum absolute atomic E-state index is 0.179. The molecule has 27 heavy (non-hydrogen) atoms. The number of benzene rings is 2. The molecule has 3 aromatic rings. The van der Waals surface area contributed by atoms with Gasteiger partial charge in [-0.2, -0.15) is 0 Å². The Morgan fingerprint density at radius 3 is 2.48 bits per heavy atom. The number of ether oxygens (including phenoxy) is 2. The molecule has 0 aliphatic heterocycles. The summed E-state index contributed by atoms with van der Waals surface area (Å²) in [5, 5.41) is 3.86. The lowest BCUT2D eigenvalue weighted by atomic mass is 10.2. The minimum atomic E-state index is -0.692. The molecule has 0 saturated heterocycles. The van der Waals surface area contributed by atoms with Crippen LogP contribution in [0.3, 0.4) is 0 Å². The Morgan fingerprint density at radius 1 is 1.11 bits per heavy atom. The number of nitrogens with one attached hydrogen (secondary N) is 1. The zero-order chi connectivity index (χ0) is 19.6. The van der Waals surface area contributed by atoms with Crippen molar-refractivity contribution in [3.8, 4) is 5.75 Å². The van der Waals surface area contributed by atoms with E-state index in [1.807, 2.05) is 0 Å². The number of methoxy groups -OCH3 is 1. The number of fused-ring (bicyclic) bond motifs is 1. The fraction of sp³-hybridized carbons (Fsp3) is 0.111. The van der Waals surface area contributed by atoms with Gasteiger partial charge in [-0.1, -0.05) is 39.1 Å². The van der Waals surface area contributed by atoms with Crippen molar-refractivity contribution in [2.75, 3.05) is 19.0 Å². The molecule has 0 aliphatic rings. The normalized spacial score (nSPS) is 10.7. The number of hydrogen-bond acceptors (Lipinski definition) is 5. The van der Waals surface area contributed by atoms with Gasteiger partial charge in [0.1, 0.15) is 15.6 Å². The lowest BCUT2D eigenvalue weighted by Gasteiger charge is -2.06. The summed E-state index contributed by atoms with van der Waals surface area (Å²) in [6.45, 7) is -0.434. The molecule has 0 fully saturated rings. The smallest absolute Gasteiger partial charge is 0.350 e. The summed E-state index contributed by atoms with van der Waals surface area (Å²) < 4.78 is 11.8. The Labute approximate surface area is 177 Å². The number of hydrogen-bond donors (Lipinski definition) is 1. The van der Waals surface area contributed by atoms with Crippen LogP contribution in [0.15, 0.2) is 40.9 Å². The first-order valence-corrected chi connectivity index (χ1v) is 9.94. The lowest BCUT2D eigenvalue weighted by molar-refractivity contribution is -0.119. The number of thiophene rings is 1. The van der Waals surface area contributed by atoms with Crippen molar-refractivity contribution in [2.24, 2.45) is 0 Å². The Bertz CT molecular complexity index is 1020. The van der Waals surface area contributed by atoms with E-state index in [4.69, 9.17) is 32.7 Å². The zero-order valence-corrected chi connectivity index (χ0v) is 17.8. The van der Waals surface area contributed by atoms with E-state index in [2.05, 4.69) is 21.2 Å². The van der Waals surface area contributed by atoms with Crippen LogP contribution >= 0.6 is 50.5 Å². The van der Waals surface area contributed by atoms with Crippen LogP contribution in [-0.2, 0) is 9.53 Å². The molecule has 2 aromatic carbocycles. The number of carbonyl (C=O) groups is 2. The summed E-state index contributed by atoms with van der Waals surface area (Å²) in [4.78, 5) is 24.5. The van der Waals surface area contributed by atoms with Gasteiger partial charge < -0.3 is 14.8 Å². The van der Waals surface area contributed by atoms with Crippen LogP contribution in [0, 0.1) is 0 Å². The highest BCUT2D eigenvalue weighted by Crippen LogP contribution is 2.43. The average molecular weight is 489 g/mol. The van der Waals surface area contributed by atoms with E-state index in [9.17, 15) is 9.59 Å². The molecule has 5 nitrogen and oxygen atoms in total. The predicted molar refractivity (Wildman–Crippen MR) is 111 cm³/mol. The van der Waals surface area contributed by atoms with Crippen LogP contribution in [-0.4, -0.2) is 25.6 Å². The first-order chi connectivity index (χ1) is 12.9. The Morgan fingerprint density at radius 2 is 1.81 bits per heavy atom. The van der Waals surface area contributed by atoms with Crippen molar-refractivity contribution in [3.05, 3.63) is 55.8 Å². The van der Waals surface area contributed by atoms with Crippen molar-refractivity contribution in [3.63, 3.8) is 0 Å². The molecule has 0 unspecified atom stereocenters. The zero-order valence-electron chi connectivity index (χ0n) is 13.8. The molecule has 0 atom stereocenters. The van der Waals surface area contributed by atoms with Crippen LogP contribution in [0.25, 0.3) is 10.1 Å². The first-order valence-electron chi connectivity index (χ1n) is 7.57. The van der Waals surface area contributed by atoms with Gasteiger partial charge in [-0.3, -0.25) is 4.79 Å². The molecule has 0 bridgehead atoms. The largest absolute Gasteiger partial charge is 0.495 e. The molecule has 3 rings (SSSR count). The Hall–Kier alpha value is -1.80. The van der Waals surface area contributed by atoms with Crippen molar-refractivity contribution in [1.29, 1.82) is 0 Å². The monoisotopic (exact) mass is 487 g/mol. The third kappa shape index (κ3) is 4.38. The number of anilines is 1. The third-order valence-electron chi connectivity index (χ3n) is 3.57. The van der Waals surface area contributed by atoms with Crippen LogP contribution < -0.4 is 10.1 Å². The second-order valence-corrected chi connectivity index (χ2v) is 8.03. The van der Waals surface area contributed by atoms with Crippen molar-refractivity contribution < 1.29 is 19.1 Å². The topological polar surface area (TPSA) is 64.6 Å². The molecule has 1 heterocycles. The van der Waals surface area contributed by atoms with Crippen LogP contribution in [0.4, 0.5) is 5.69 Å². The SMILES string of the molecule is COc1ccc2c(Cl)c(C(=O)OCC(=O)Nc3ccc(Br)cc3)sc2c1Cl. The maximum Gasteiger partial charge on any atom is 0.350 e. The molecule has 0 aliphatic carbocycles. The molecule has 9 heteroatoms. The van der Waals surface area contributed by atoms with Gasteiger partial charge >= 0.3 is 5.97 Å². The summed E-state index contributed by atoms with van der Waals surface area (Å²) in [7, 11) is 1.50. The van der Waals surface area contributed by atoms with Gasteiger partial charge in [0, 0.05) is 15.5 Å². The lowest BCUT2D eigenvalue weighted by Crippen LogP contribution is -2.20. The number of carbonyl (C=O) groups excluding carboxylic acids is 2. The molecular weight excluding hydrogens is 477 g/mol. The maximum absolute atomic E-state index is 12.3. The van der Waals surface area contributed by atoms with Gasteiger partial charge in [0.25, 0.3) is 5.91 Å². The standard InChI is InChI=1S/C18H12BrCl2NO4S/c1-25-12-7-6-11-14(20)17(27-16(11)15(12)21)18(24)26-8-13(23)22-10-4-2-9(19)3-5-10/h2-7H,8H2,1H3,(H,22,23). The molecule has 0 spiro atoms. The van der Waals surface area contributed by atoms with Crippen LogP contribution in [0.2, 0.25) is 10.0 Å². The van der Waals surface area contributed by atoms with E-state index in [0.717, 1.165) is 15.8 Å². The van der Waals surface area contributed by atoms with Crippen molar-refractivity contribution in [1.82, 2.24) is 0 Å². The van der Waals surface area contributed by atoms with Gasteiger partial charge in [0.05, 0.1) is 16.8 Å². The van der Waals surface area contributed by atoms with Gasteiger partial charge in [0.2, 0.25) is 0 Å². The first kappa shape index (κ1) is 19.9. The van der Waals surface area contributed by atoms with Crippen LogP contribution in [0.5, 0.6) is 5.75 Å². The van der Waals surface area contributed by atoms with Gasteiger partial charge in [0.15, 0.2) is 6.61 Å². The average Bonchev–Trinajstić information content (AvgIpc) is 3.00. The Balaban J connectivity index is 1.70. The fourth-order valence-electron chi connectivity index (χ4n) is 2.30. The second kappa shape index (κ2) is 8.48. The van der Waals surface area contributed by atoms with Gasteiger partial charge in [-0.25, -0.2) is 4.79 Å². The van der Waals surface area contributed by atoms with Crippen LogP contribution in [0.1, 0.15) is 9.67 Å². The highest BCUT2D eigenvalue weighted by atomic mass is 79.9. The van der Waals surface area contributed by atoms with Crippen molar-refractivity contribution in [2.45, 2.75) is 0 Å². The third-order valence-corrected chi connectivity index (χ3v) is 6.29. The van der Waals surface area contributed by atoms with E-state index in [-0.39, 0.29) is 9.90 Å². The maximum atomic E-state index is 12.3. The highest BCUT2D eigenvalue weighted by Gasteiger charge is 2.22. The number of amides is 1. The highest BCUT2D eigenvalue weighted by molar-refractivity contribution is 9.10. The van der Waals surface area contributed by atoms with Gasteiger partial charge in [-0.05, 0) is 36.4 Å². The van der Waals surface area contributed by atoms with Gasteiger partial charge in [-0.15, -0.1) is 11.3 Å². The molecule has 1 amide bonds. The molecule has 0 saturated carbocycles. The van der Waals surface area contributed by atoms with E-state index in [1.54, 1.807) is 36.4 Å². The molecule has 1 N–H and O–H groups in total. The summed E-state index contributed by atoms with van der Waals surface area (Å²) in [6, 6.07) is 10.4. The second-order valence-electron chi connectivity index (χ2n) is 5.33.